The fourth-order valence-corrected chi connectivity index (χ4v) is 2.75. The predicted molar refractivity (Wildman–Crippen MR) is 64.6 cm³/mol. The summed E-state index contributed by atoms with van der Waals surface area (Å²) in [6.45, 7) is 0.363. The first-order valence-electron chi connectivity index (χ1n) is 4.77. The summed E-state index contributed by atoms with van der Waals surface area (Å²) in [7, 11) is -2.26. The Morgan fingerprint density at radius 2 is 2.00 bits per heavy atom. The van der Waals surface area contributed by atoms with Gasteiger partial charge >= 0.3 is 0 Å². The van der Waals surface area contributed by atoms with Gasteiger partial charge in [-0.05, 0) is 18.6 Å². The SMILES string of the molecule is CN(CCCBr)S(=O)(=O)c1ccccc1F. The summed E-state index contributed by atoms with van der Waals surface area (Å²) in [5.74, 6) is -0.715. The van der Waals surface area contributed by atoms with Crippen LogP contribution in [0.15, 0.2) is 29.2 Å². The van der Waals surface area contributed by atoms with Gasteiger partial charge in [-0.25, -0.2) is 17.1 Å². The van der Waals surface area contributed by atoms with Crippen LogP contribution in [0.3, 0.4) is 0 Å². The minimum atomic E-state index is -3.70. The monoisotopic (exact) mass is 309 g/mol. The summed E-state index contributed by atoms with van der Waals surface area (Å²) in [5.41, 5.74) is 0. The fraction of sp³-hybridized carbons (Fsp3) is 0.400. The molecule has 0 heterocycles. The lowest BCUT2D eigenvalue weighted by atomic mass is 10.4. The minimum absolute atomic E-state index is 0.271. The quantitative estimate of drug-likeness (QED) is 0.782. The van der Waals surface area contributed by atoms with Crippen molar-refractivity contribution in [1.82, 2.24) is 4.31 Å². The molecule has 1 rings (SSSR count). The molecule has 0 aromatic heterocycles. The highest BCUT2D eigenvalue weighted by molar-refractivity contribution is 9.09. The highest BCUT2D eigenvalue weighted by atomic mass is 79.9. The fourth-order valence-electron chi connectivity index (χ4n) is 1.22. The first-order valence-corrected chi connectivity index (χ1v) is 7.33. The second-order valence-electron chi connectivity index (χ2n) is 3.30. The Balaban J connectivity index is 2.98. The largest absolute Gasteiger partial charge is 0.245 e. The molecule has 1 aromatic rings. The van der Waals surface area contributed by atoms with E-state index >= 15 is 0 Å². The Kier molecular flexibility index (Phi) is 4.89. The third kappa shape index (κ3) is 3.02. The summed E-state index contributed by atoms with van der Waals surface area (Å²) in [5, 5.41) is 0.712. The van der Waals surface area contributed by atoms with Gasteiger partial charge in [-0.1, -0.05) is 28.1 Å². The first-order chi connectivity index (χ1) is 7.50. The maximum atomic E-state index is 13.4. The number of benzene rings is 1. The lowest BCUT2D eigenvalue weighted by Crippen LogP contribution is -2.28. The summed E-state index contributed by atoms with van der Waals surface area (Å²) in [6.07, 6.45) is 0.685. The maximum Gasteiger partial charge on any atom is 0.245 e. The van der Waals surface area contributed by atoms with E-state index in [4.69, 9.17) is 0 Å². The first kappa shape index (κ1) is 13.6. The van der Waals surface area contributed by atoms with Crippen molar-refractivity contribution < 1.29 is 12.8 Å². The standard InChI is InChI=1S/C10H13BrFNO2S/c1-13(8-4-7-11)16(14,15)10-6-3-2-5-9(10)12/h2-3,5-6H,4,7-8H2,1H3. The molecular weight excluding hydrogens is 297 g/mol. The van der Waals surface area contributed by atoms with Gasteiger partial charge in [0.25, 0.3) is 0 Å². The molecule has 3 nitrogen and oxygen atoms in total. The maximum absolute atomic E-state index is 13.4. The molecule has 0 fully saturated rings. The molecule has 0 N–H and O–H groups in total. The van der Waals surface area contributed by atoms with Crippen LogP contribution in [0.5, 0.6) is 0 Å². The lowest BCUT2D eigenvalue weighted by molar-refractivity contribution is 0.463. The van der Waals surface area contributed by atoms with Gasteiger partial charge in [0.15, 0.2) is 0 Å². The summed E-state index contributed by atoms with van der Waals surface area (Å²) in [6, 6.07) is 5.39. The van der Waals surface area contributed by atoms with Crippen LogP contribution < -0.4 is 0 Å². The van der Waals surface area contributed by atoms with Gasteiger partial charge in [0, 0.05) is 18.9 Å². The van der Waals surface area contributed by atoms with E-state index in [9.17, 15) is 12.8 Å². The second-order valence-corrected chi connectivity index (χ2v) is 6.11. The van der Waals surface area contributed by atoms with Crippen molar-refractivity contribution in [1.29, 1.82) is 0 Å². The molecule has 0 spiro atoms. The number of rotatable bonds is 5. The van der Waals surface area contributed by atoms with Crippen LogP contribution in [0.4, 0.5) is 4.39 Å². The molecule has 1 aromatic carbocycles. The molecule has 0 amide bonds. The Labute approximate surface area is 103 Å². The van der Waals surface area contributed by atoms with Crippen molar-refractivity contribution >= 4 is 26.0 Å². The Morgan fingerprint density at radius 3 is 2.56 bits per heavy atom. The van der Waals surface area contributed by atoms with E-state index < -0.39 is 15.8 Å². The molecule has 16 heavy (non-hydrogen) atoms. The predicted octanol–water partition coefficient (Wildman–Crippen LogP) is 2.23. The molecule has 0 radical (unpaired) electrons. The highest BCUT2D eigenvalue weighted by Crippen LogP contribution is 2.17. The third-order valence-corrected chi connectivity index (χ3v) is 4.58. The Bertz CT molecular complexity index is 450. The second kappa shape index (κ2) is 5.75. The van der Waals surface area contributed by atoms with Crippen LogP contribution in [-0.4, -0.2) is 31.6 Å². The van der Waals surface area contributed by atoms with Crippen molar-refractivity contribution in [3.63, 3.8) is 0 Å². The zero-order valence-electron chi connectivity index (χ0n) is 8.86. The van der Waals surface area contributed by atoms with E-state index in [-0.39, 0.29) is 4.90 Å². The van der Waals surface area contributed by atoms with Crippen LogP contribution in [0, 0.1) is 5.82 Å². The number of hydrogen-bond acceptors (Lipinski definition) is 2. The van der Waals surface area contributed by atoms with Crippen molar-refractivity contribution in [2.75, 3.05) is 18.9 Å². The number of hydrogen-bond donors (Lipinski definition) is 0. The Hall–Kier alpha value is -0.460. The zero-order chi connectivity index (χ0) is 12.2. The van der Waals surface area contributed by atoms with Crippen molar-refractivity contribution in [3.05, 3.63) is 30.1 Å². The van der Waals surface area contributed by atoms with Gasteiger partial charge in [0.05, 0.1) is 0 Å². The van der Waals surface area contributed by atoms with Gasteiger partial charge in [-0.2, -0.15) is 0 Å². The molecule has 0 unspecified atom stereocenters. The molecule has 0 atom stereocenters. The summed E-state index contributed by atoms with van der Waals surface area (Å²) < 4.78 is 38.4. The van der Waals surface area contributed by atoms with Crippen LogP contribution in [0.25, 0.3) is 0 Å². The summed E-state index contributed by atoms with van der Waals surface area (Å²) in [4.78, 5) is -0.271. The molecule has 0 aliphatic rings. The van der Waals surface area contributed by atoms with Crippen molar-refractivity contribution in [2.24, 2.45) is 0 Å². The molecule has 0 saturated carbocycles. The Morgan fingerprint density at radius 1 is 1.38 bits per heavy atom. The molecule has 90 valence electrons. The van der Waals surface area contributed by atoms with Gasteiger partial charge in [-0.15, -0.1) is 0 Å². The number of sulfonamides is 1. The van der Waals surface area contributed by atoms with Gasteiger partial charge in [0.1, 0.15) is 10.7 Å². The lowest BCUT2D eigenvalue weighted by Gasteiger charge is -2.16. The van der Waals surface area contributed by atoms with Crippen LogP contribution >= 0.6 is 15.9 Å². The van der Waals surface area contributed by atoms with E-state index in [1.54, 1.807) is 0 Å². The minimum Gasteiger partial charge on any atom is -0.207 e. The van der Waals surface area contributed by atoms with Crippen LogP contribution in [-0.2, 0) is 10.0 Å². The molecule has 0 bridgehead atoms. The average molecular weight is 310 g/mol. The van der Waals surface area contributed by atoms with E-state index in [1.165, 1.54) is 25.2 Å². The zero-order valence-corrected chi connectivity index (χ0v) is 11.3. The van der Waals surface area contributed by atoms with Crippen LogP contribution in [0.1, 0.15) is 6.42 Å². The topological polar surface area (TPSA) is 37.4 Å². The third-order valence-electron chi connectivity index (χ3n) is 2.13. The van der Waals surface area contributed by atoms with E-state index in [2.05, 4.69) is 15.9 Å². The number of halogens is 2. The molecule has 0 saturated heterocycles. The van der Waals surface area contributed by atoms with E-state index in [0.29, 0.717) is 18.3 Å². The molecular formula is C10H13BrFNO2S. The van der Waals surface area contributed by atoms with Crippen molar-refractivity contribution in [3.8, 4) is 0 Å². The van der Waals surface area contributed by atoms with Crippen molar-refractivity contribution in [2.45, 2.75) is 11.3 Å². The normalized spacial score (nSPS) is 12.0. The number of alkyl halides is 1. The van der Waals surface area contributed by atoms with E-state index in [0.717, 1.165) is 10.4 Å². The number of nitrogens with zero attached hydrogens (tertiary/aromatic N) is 1. The van der Waals surface area contributed by atoms with Gasteiger partial charge in [-0.3, -0.25) is 0 Å². The molecule has 0 aliphatic heterocycles. The molecule has 6 heteroatoms. The van der Waals surface area contributed by atoms with Gasteiger partial charge in [0.2, 0.25) is 10.0 Å². The summed E-state index contributed by atoms with van der Waals surface area (Å²) >= 11 is 3.22. The van der Waals surface area contributed by atoms with Crippen LogP contribution in [0.2, 0.25) is 0 Å². The smallest absolute Gasteiger partial charge is 0.207 e. The molecule has 0 aliphatic carbocycles. The average Bonchev–Trinajstić information content (AvgIpc) is 2.26. The van der Waals surface area contributed by atoms with Gasteiger partial charge < -0.3 is 0 Å². The highest BCUT2D eigenvalue weighted by Gasteiger charge is 2.23. The van der Waals surface area contributed by atoms with E-state index in [1.807, 2.05) is 0 Å².